The van der Waals surface area contributed by atoms with Crippen molar-refractivity contribution in [3.8, 4) is 0 Å². The fourth-order valence-electron chi connectivity index (χ4n) is 1.89. The van der Waals surface area contributed by atoms with Crippen LogP contribution in [-0.4, -0.2) is 28.0 Å². The Kier molecular flexibility index (Phi) is 4.45. The van der Waals surface area contributed by atoms with Gasteiger partial charge in [0, 0.05) is 6.92 Å². The summed E-state index contributed by atoms with van der Waals surface area (Å²) < 4.78 is 0. The molecule has 1 amide bonds. The number of hydroxylamine groups is 1. The summed E-state index contributed by atoms with van der Waals surface area (Å²) >= 11 is 6.13. The molecule has 0 fully saturated rings. The first-order valence-corrected chi connectivity index (χ1v) is 6.62. The Labute approximate surface area is 126 Å². The number of aliphatic hydroxyl groups excluding tert-OH is 1. The zero-order valence-electron chi connectivity index (χ0n) is 11.2. The first-order chi connectivity index (χ1) is 9.93. The second-order valence-electron chi connectivity index (χ2n) is 4.56. The smallest absolute Gasteiger partial charge is 0.329 e. The topological polar surface area (TPSA) is 75.6 Å². The van der Waals surface area contributed by atoms with Gasteiger partial charge in [-0.25, -0.2) is 0 Å². The third kappa shape index (κ3) is 3.32. The Hall–Kier alpha value is -2.11. The normalized spacial score (nSPS) is 24.1. The van der Waals surface area contributed by atoms with Crippen molar-refractivity contribution in [3.05, 3.63) is 54.1 Å². The summed E-state index contributed by atoms with van der Waals surface area (Å²) in [7, 11) is 0. The number of amides is 1. The molecule has 0 aliphatic heterocycles. The van der Waals surface area contributed by atoms with Gasteiger partial charge in [-0.05, 0) is 17.2 Å². The van der Waals surface area contributed by atoms with Gasteiger partial charge in [0.25, 0.3) is 5.91 Å². The summed E-state index contributed by atoms with van der Waals surface area (Å²) in [6.45, 7) is 1.14. The van der Waals surface area contributed by atoms with Crippen LogP contribution in [0.15, 0.2) is 48.6 Å². The SMILES string of the molecule is CC(=O)ONC(=O)C1(Cl)C=CC(c2ccccc2)=CC1O. The van der Waals surface area contributed by atoms with E-state index < -0.39 is 22.9 Å². The number of hydrogen-bond donors (Lipinski definition) is 2. The van der Waals surface area contributed by atoms with Crippen molar-refractivity contribution in [2.24, 2.45) is 0 Å². The number of alkyl halides is 1. The molecular weight excluding hydrogens is 294 g/mol. The van der Waals surface area contributed by atoms with E-state index in [-0.39, 0.29) is 0 Å². The molecule has 0 saturated carbocycles. The monoisotopic (exact) mass is 307 g/mol. The molecule has 0 saturated heterocycles. The maximum Gasteiger partial charge on any atom is 0.329 e. The first-order valence-electron chi connectivity index (χ1n) is 6.25. The van der Waals surface area contributed by atoms with Crippen molar-refractivity contribution in [2.75, 3.05) is 0 Å². The lowest BCUT2D eigenvalue weighted by molar-refractivity contribution is -0.157. The van der Waals surface area contributed by atoms with Crippen LogP contribution in [-0.2, 0) is 14.4 Å². The van der Waals surface area contributed by atoms with E-state index in [0.717, 1.165) is 18.1 Å². The summed E-state index contributed by atoms with van der Waals surface area (Å²) in [6, 6.07) is 9.37. The third-order valence-electron chi connectivity index (χ3n) is 3.02. The molecule has 1 aromatic carbocycles. The Bertz CT molecular complexity index is 611. The van der Waals surface area contributed by atoms with Gasteiger partial charge >= 0.3 is 5.97 Å². The van der Waals surface area contributed by atoms with Gasteiger partial charge in [-0.1, -0.05) is 42.5 Å². The van der Waals surface area contributed by atoms with E-state index in [1.807, 2.05) is 35.8 Å². The van der Waals surface area contributed by atoms with E-state index >= 15 is 0 Å². The Balaban J connectivity index is 2.17. The molecule has 5 nitrogen and oxygen atoms in total. The molecule has 0 aromatic heterocycles. The summed E-state index contributed by atoms with van der Waals surface area (Å²) in [5.74, 6) is -1.50. The molecule has 0 heterocycles. The van der Waals surface area contributed by atoms with Crippen molar-refractivity contribution in [1.82, 2.24) is 5.48 Å². The highest BCUT2D eigenvalue weighted by atomic mass is 35.5. The van der Waals surface area contributed by atoms with Gasteiger partial charge in [-0.15, -0.1) is 11.6 Å². The van der Waals surface area contributed by atoms with Gasteiger partial charge in [0.2, 0.25) is 0 Å². The van der Waals surface area contributed by atoms with Crippen molar-refractivity contribution in [2.45, 2.75) is 17.9 Å². The van der Waals surface area contributed by atoms with Gasteiger partial charge in [-0.2, -0.15) is 5.48 Å². The molecule has 1 aromatic rings. The van der Waals surface area contributed by atoms with E-state index in [1.165, 1.54) is 12.2 Å². The van der Waals surface area contributed by atoms with Gasteiger partial charge in [0.05, 0.1) is 0 Å². The van der Waals surface area contributed by atoms with E-state index in [4.69, 9.17) is 11.6 Å². The Morgan fingerprint density at radius 2 is 2.00 bits per heavy atom. The molecule has 21 heavy (non-hydrogen) atoms. The predicted octanol–water partition coefficient (Wildman–Crippen LogP) is 1.57. The lowest BCUT2D eigenvalue weighted by Gasteiger charge is -2.28. The molecule has 0 bridgehead atoms. The van der Waals surface area contributed by atoms with Crippen LogP contribution in [0.4, 0.5) is 0 Å². The van der Waals surface area contributed by atoms with Crippen LogP contribution >= 0.6 is 11.6 Å². The van der Waals surface area contributed by atoms with Crippen molar-refractivity contribution in [1.29, 1.82) is 0 Å². The third-order valence-corrected chi connectivity index (χ3v) is 3.54. The first kappa shape index (κ1) is 15.3. The standard InChI is InChI=1S/C15H14ClNO4/c1-10(18)21-17-14(20)15(16)8-7-12(9-13(15)19)11-5-3-2-4-6-11/h2-9,13,19H,1H3,(H,17,20). The molecule has 2 atom stereocenters. The fourth-order valence-corrected chi connectivity index (χ4v) is 2.05. The number of carbonyl (C=O) groups is 2. The molecule has 1 aliphatic carbocycles. The quantitative estimate of drug-likeness (QED) is 0.642. The van der Waals surface area contributed by atoms with Gasteiger partial charge < -0.3 is 9.94 Å². The minimum atomic E-state index is -1.71. The van der Waals surface area contributed by atoms with Crippen LogP contribution in [0.2, 0.25) is 0 Å². The number of halogens is 1. The zero-order chi connectivity index (χ0) is 15.5. The molecular formula is C15H14ClNO4. The van der Waals surface area contributed by atoms with Crippen LogP contribution in [0.25, 0.3) is 5.57 Å². The highest BCUT2D eigenvalue weighted by Gasteiger charge is 2.42. The summed E-state index contributed by atoms with van der Waals surface area (Å²) in [6.07, 6.45) is 3.24. The second kappa shape index (κ2) is 6.11. The minimum Gasteiger partial charge on any atom is -0.386 e. The minimum absolute atomic E-state index is 0.682. The van der Waals surface area contributed by atoms with Gasteiger partial charge in [0.15, 0.2) is 4.87 Å². The molecule has 0 radical (unpaired) electrons. The van der Waals surface area contributed by atoms with Crippen molar-refractivity contribution < 1.29 is 19.5 Å². The summed E-state index contributed by atoms with van der Waals surface area (Å²) in [4.78, 5) is 25.3. The highest BCUT2D eigenvalue weighted by molar-refractivity contribution is 6.37. The predicted molar refractivity (Wildman–Crippen MR) is 78.1 cm³/mol. The maximum atomic E-state index is 11.9. The number of hydrogen-bond acceptors (Lipinski definition) is 4. The van der Waals surface area contributed by atoms with E-state index in [9.17, 15) is 14.7 Å². The van der Waals surface area contributed by atoms with E-state index in [1.54, 1.807) is 6.08 Å². The van der Waals surface area contributed by atoms with Crippen molar-refractivity contribution in [3.63, 3.8) is 0 Å². The molecule has 2 N–H and O–H groups in total. The lowest BCUT2D eigenvalue weighted by Crippen LogP contribution is -2.50. The molecule has 1 aliphatic rings. The highest BCUT2D eigenvalue weighted by Crippen LogP contribution is 2.32. The van der Waals surface area contributed by atoms with Crippen LogP contribution in [0, 0.1) is 0 Å². The van der Waals surface area contributed by atoms with Crippen LogP contribution < -0.4 is 5.48 Å². The summed E-state index contributed by atoms with van der Waals surface area (Å²) in [5.41, 5.74) is 3.56. The van der Waals surface area contributed by atoms with E-state index in [2.05, 4.69) is 4.84 Å². The average Bonchev–Trinajstić information content (AvgIpc) is 2.48. The number of allylic oxidation sites excluding steroid dienone is 2. The molecule has 2 unspecified atom stereocenters. The summed E-state index contributed by atoms with van der Waals surface area (Å²) in [5, 5.41) is 10.1. The van der Waals surface area contributed by atoms with Crippen LogP contribution in [0.1, 0.15) is 12.5 Å². The average molecular weight is 308 g/mol. The number of aliphatic hydroxyl groups is 1. The molecule has 2 rings (SSSR count). The lowest BCUT2D eigenvalue weighted by atomic mass is 9.89. The number of rotatable bonds is 2. The van der Waals surface area contributed by atoms with Crippen molar-refractivity contribution >= 4 is 29.1 Å². The van der Waals surface area contributed by atoms with Gasteiger partial charge in [0.1, 0.15) is 6.10 Å². The van der Waals surface area contributed by atoms with E-state index in [0.29, 0.717) is 0 Å². The molecule has 6 heteroatoms. The van der Waals surface area contributed by atoms with Crippen LogP contribution in [0.5, 0.6) is 0 Å². The second-order valence-corrected chi connectivity index (χ2v) is 5.18. The Morgan fingerprint density at radius 1 is 1.33 bits per heavy atom. The number of benzene rings is 1. The zero-order valence-corrected chi connectivity index (χ0v) is 12.0. The maximum absolute atomic E-state index is 11.9. The molecule has 110 valence electrons. The number of carbonyl (C=O) groups excluding carboxylic acids is 2. The number of nitrogens with one attached hydrogen (secondary N) is 1. The largest absolute Gasteiger partial charge is 0.386 e. The Morgan fingerprint density at radius 3 is 2.57 bits per heavy atom. The van der Waals surface area contributed by atoms with Crippen LogP contribution in [0.3, 0.4) is 0 Å². The fraction of sp³-hybridized carbons (Fsp3) is 0.200. The molecule has 0 spiro atoms. The van der Waals surface area contributed by atoms with Gasteiger partial charge in [-0.3, -0.25) is 9.59 Å².